The van der Waals surface area contributed by atoms with E-state index in [2.05, 4.69) is 15.0 Å². The maximum atomic E-state index is 11.4. The van der Waals surface area contributed by atoms with Crippen LogP contribution >= 0.6 is 23.2 Å². The van der Waals surface area contributed by atoms with Gasteiger partial charge in [0.1, 0.15) is 17.6 Å². The molecule has 0 atom stereocenters. The Morgan fingerprint density at radius 2 is 2.03 bits per heavy atom. The highest BCUT2D eigenvalue weighted by Gasteiger charge is 2.15. The molecule has 0 aliphatic heterocycles. The van der Waals surface area contributed by atoms with Gasteiger partial charge < -0.3 is 19.8 Å². The lowest BCUT2D eigenvalue weighted by atomic mass is 10.2. The zero-order valence-corrected chi connectivity index (χ0v) is 17.4. The lowest BCUT2D eigenvalue weighted by molar-refractivity contribution is -0.143. The van der Waals surface area contributed by atoms with E-state index in [9.17, 15) is 4.79 Å². The predicted molar refractivity (Wildman–Crippen MR) is 111 cm³/mol. The van der Waals surface area contributed by atoms with E-state index < -0.39 is 0 Å². The number of benzene rings is 1. The summed E-state index contributed by atoms with van der Waals surface area (Å²) in [6.45, 7) is 2.97. The van der Waals surface area contributed by atoms with Crippen LogP contribution in [0.5, 0.6) is 5.75 Å². The van der Waals surface area contributed by atoms with Gasteiger partial charge in [-0.05, 0) is 31.9 Å². The molecule has 0 spiro atoms. The van der Waals surface area contributed by atoms with Crippen LogP contribution in [0.1, 0.15) is 31.7 Å². The van der Waals surface area contributed by atoms with E-state index in [0.29, 0.717) is 71.8 Å². The van der Waals surface area contributed by atoms with Crippen molar-refractivity contribution in [3.05, 3.63) is 40.4 Å². The number of carbonyl (C=O) groups excluding carboxylic acids is 1. The van der Waals surface area contributed by atoms with E-state index in [0.717, 1.165) is 5.56 Å². The Morgan fingerprint density at radius 1 is 1.21 bits per heavy atom. The van der Waals surface area contributed by atoms with Crippen LogP contribution in [0.3, 0.4) is 0 Å². The van der Waals surface area contributed by atoms with Gasteiger partial charge in [-0.15, -0.1) is 0 Å². The van der Waals surface area contributed by atoms with Crippen LogP contribution in [0, 0.1) is 0 Å². The molecule has 0 fully saturated rings. The van der Waals surface area contributed by atoms with E-state index in [-0.39, 0.29) is 5.97 Å². The topological polar surface area (TPSA) is 105 Å². The van der Waals surface area contributed by atoms with Gasteiger partial charge in [0, 0.05) is 17.0 Å². The van der Waals surface area contributed by atoms with Gasteiger partial charge in [-0.1, -0.05) is 23.2 Å². The number of carbonyl (C=O) groups is 1. The normalized spacial score (nSPS) is 11.0. The molecule has 0 radical (unpaired) electrons. The lowest BCUT2D eigenvalue weighted by Gasteiger charge is -2.14. The van der Waals surface area contributed by atoms with Crippen LogP contribution < -0.4 is 10.5 Å². The number of imidazole rings is 1. The van der Waals surface area contributed by atoms with E-state index in [1.54, 1.807) is 25.4 Å². The molecule has 10 heteroatoms. The summed E-state index contributed by atoms with van der Waals surface area (Å²) in [6.07, 6.45) is 4.75. The van der Waals surface area contributed by atoms with Gasteiger partial charge in [0.2, 0.25) is 0 Å². The standard InChI is InChI=1S/C19H21Cl2N5O3/c1-2-28-16(27)5-3-4-6-29-15-8-12(20)7-14(21)13(15)9-26-11-25-17-18(22)23-10-24-19(17)26/h7-8,10-11H,2-6,9H2,1H3,(H2,22,23,24). The summed E-state index contributed by atoms with van der Waals surface area (Å²) in [5.74, 6) is 0.684. The summed E-state index contributed by atoms with van der Waals surface area (Å²) in [4.78, 5) is 23.9. The fourth-order valence-corrected chi connectivity index (χ4v) is 3.37. The number of nitrogens with two attached hydrogens (primary N) is 1. The lowest BCUT2D eigenvalue weighted by Crippen LogP contribution is -2.07. The molecule has 3 aromatic rings. The quantitative estimate of drug-likeness (QED) is 0.399. The fraction of sp³-hybridized carbons (Fsp3) is 0.368. The molecule has 0 bridgehead atoms. The number of halogens is 2. The number of nitrogens with zero attached hydrogens (tertiary/aromatic N) is 4. The third-order valence-corrected chi connectivity index (χ3v) is 4.77. The number of esters is 1. The average molecular weight is 438 g/mol. The minimum atomic E-state index is -0.202. The Balaban J connectivity index is 1.72. The number of fused-ring (bicyclic) bond motifs is 1. The predicted octanol–water partition coefficient (Wildman–Crippen LogP) is 3.88. The van der Waals surface area contributed by atoms with E-state index in [1.807, 2.05) is 4.57 Å². The van der Waals surface area contributed by atoms with Gasteiger partial charge in [-0.3, -0.25) is 4.79 Å². The van der Waals surface area contributed by atoms with Crippen molar-refractivity contribution in [2.75, 3.05) is 18.9 Å². The van der Waals surface area contributed by atoms with E-state index >= 15 is 0 Å². The van der Waals surface area contributed by atoms with Crippen molar-refractivity contribution in [3.63, 3.8) is 0 Å². The molecule has 3 rings (SSSR count). The summed E-state index contributed by atoms with van der Waals surface area (Å²) < 4.78 is 12.6. The summed E-state index contributed by atoms with van der Waals surface area (Å²) in [5.41, 5.74) is 7.72. The Kier molecular flexibility index (Phi) is 7.11. The minimum absolute atomic E-state index is 0.202. The second kappa shape index (κ2) is 9.76. The minimum Gasteiger partial charge on any atom is -0.493 e. The molecule has 0 saturated heterocycles. The fourth-order valence-electron chi connectivity index (χ4n) is 2.83. The first-order chi connectivity index (χ1) is 14.0. The molecule has 2 aromatic heterocycles. The number of hydrogen-bond donors (Lipinski definition) is 1. The van der Waals surface area contributed by atoms with Crippen molar-refractivity contribution < 1.29 is 14.3 Å². The third-order valence-electron chi connectivity index (χ3n) is 4.22. The van der Waals surface area contributed by atoms with Gasteiger partial charge in [-0.2, -0.15) is 0 Å². The number of hydrogen-bond acceptors (Lipinski definition) is 7. The molecule has 29 heavy (non-hydrogen) atoms. The number of anilines is 1. The van der Waals surface area contributed by atoms with Crippen molar-refractivity contribution in [1.82, 2.24) is 19.5 Å². The van der Waals surface area contributed by atoms with Gasteiger partial charge in [0.05, 0.1) is 31.1 Å². The first-order valence-electron chi connectivity index (χ1n) is 9.17. The zero-order valence-electron chi connectivity index (χ0n) is 15.9. The van der Waals surface area contributed by atoms with Crippen molar-refractivity contribution in [2.24, 2.45) is 0 Å². The molecule has 0 aliphatic carbocycles. The Hall–Kier alpha value is -2.58. The molecular weight excluding hydrogens is 417 g/mol. The molecule has 1 aromatic carbocycles. The maximum Gasteiger partial charge on any atom is 0.305 e. The van der Waals surface area contributed by atoms with Crippen LogP contribution in [0.15, 0.2) is 24.8 Å². The number of nitrogen functional groups attached to an aromatic ring is 1. The van der Waals surface area contributed by atoms with Crippen LogP contribution in [0.25, 0.3) is 11.2 Å². The molecule has 8 nitrogen and oxygen atoms in total. The van der Waals surface area contributed by atoms with Crippen LogP contribution in [-0.2, 0) is 16.1 Å². The second-order valence-electron chi connectivity index (χ2n) is 6.28. The molecule has 0 aliphatic rings. The molecule has 0 saturated carbocycles. The Labute approximate surface area is 178 Å². The smallest absolute Gasteiger partial charge is 0.305 e. The second-order valence-corrected chi connectivity index (χ2v) is 7.12. The van der Waals surface area contributed by atoms with Crippen LogP contribution in [0.2, 0.25) is 10.0 Å². The summed E-state index contributed by atoms with van der Waals surface area (Å²) >= 11 is 12.6. The van der Waals surface area contributed by atoms with Crippen LogP contribution in [0.4, 0.5) is 5.82 Å². The van der Waals surface area contributed by atoms with Crippen molar-refractivity contribution in [2.45, 2.75) is 32.7 Å². The van der Waals surface area contributed by atoms with Crippen molar-refractivity contribution in [1.29, 1.82) is 0 Å². The largest absolute Gasteiger partial charge is 0.493 e. The Morgan fingerprint density at radius 3 is 2.83 bits per heavy atom. The summed E-state index contributed by atoms with van der Waals surface area (Å²) in [5, 5.41) is 0.949. The Bertz CT molecular complexity index is 1010. The summed E-state index contributed by atoms with van der Waals surface area (Å²) in [6, 6.07) is 3.38. The molecule has 0 amide bonds. The van der Waals surface area contributed by atoms with Gasteiger partial charge in [0.15, 0.2) is 11.5 Å². The van der Waals surface area contributed by atoms with E-state index in [1.165, 1.54) is 6.33 Å². The van der Waals surface area contributed by atoms with Crippen LogP contribution in [-0.4, -0.2) is 38.7 Å². The van der Waals surface area contributed by atoms with Gasteiger partial charge in [0.25, 0.3) is 0 Å². The zero-order chi connectivity index (χ0) is 20.8. The first kappa shape index (κ1) is 21.1. The number of unbranched alkanes of at least 4 members (excludes halogenated alkanes) is 1. The molecule has 154 valence electrons. The van der Waals surface area contributed by atoms with Crippen molar-refractivity contribution >= 4 is 46.2 Å². The molecule has 2 N–H and O–H groups in total. The molecule has 0 unspecified atom stereocenters. The summed E-state index contributed by atoms with van der Waals surface area (Å²) in [7, 11) is 0. The molecular formula is C19H21Cl2N5O3. The number of aromatic nitrogens is 4. The highest BCUT2D eigenvalue weighted by Crippen LogP contribution is 2.32. The van der Waals surface area contributed by atoms with Gasteiger partial charge in [-0.25, -0.2) is 15.0 Å². The highest BCUT2D eigenvalue weighted by atomic mass is 35.5. The third kappa shape index (κ3) is 5.27. The van der Waals surface area contributed by atoms with Gasteiger partial charge >= 0.3 is 5.97 Å². The molecule has 2 heterocycles. The SMILES string of the molecule is CCOC(=O)CCCCOc1cc(Cl)cc(Cl)c1Cn1cnc2c(N)ncnc21. The van der Waals surface area contributed by atoms with E-state index in [4.69, 9.17) is 38.4 Å². The number of rotatable bonds is 9. The number of ether oxygens (including phenoxy) is 2. The maximum absolute atomic E-state index is 11.4. The first-order valence-corrected chi connectivity index (χ1v) is 9.92. The highest BCUT2D eigenvalue weighted by molar-refractivity contribution is 6.35. The average Bonchev–Trinajstić information content (AvgIpc) is 3.08. The van der Waals surface area contributed by atoms with Crippen molar-refractivity contribution in [3.8, 4) is 5.75 Å². The monoisotopic (exact) mass is 437 g/mol.